The second-order valence-electron chi connectivity index (χ2n) is 6.68. The Morgan fingerprint density at radius 1 is 1.24 bits per heavy atom. The van der Waals surface area contributed by atoms with Crippen molar-refractivity contribution in [1.29, 1.82) is 0 Å². The van der Waals surface area contributed by atoms with Crippen molar-refractivity contribution in [2.45, 2.75) is 31.1 Å². The maximum atomic E-state index is 12.8. The zero-order chi connectivity index (χ0) is 17.2. The van der Waals surface area contributed by atoms with Gasteiger partial charge in [-0.3, -0.25) is 4.79 Å². The van der Waals surface area contributed by atoms with Crippen LogP contribution in [0.2, 0.25) is 0 Å². The lowest BCUT2D eigenvalue weighted by atomic mass is 10.0. The van der Waals surface area contributed by atoms with E-state index in [4.69, 9.17) is 0 Å². The average Bonchev–Trinajstić information content (AvgIpc) is 2.54. The molecule has 0 atom stereocenters. The van der Waals surface area contributed by atoms with Gasteiger partial charge < -0.3 is 10.6 Å². The number of nitrogens with zero attached hydrogens (tertiary/aromatic N) is 1. The van der Waals surface area contributed by atoms with E-state index in [9.17, 15) is 13.2 Å². The van der Waals surface area contributed by atoms with E-state index < -0.39 is 10.0 Å². The predicted molar refractivity (Wildman–Crippen MR) is 99.7 cm³/mol. The molecule has 1 aromatic rings. The molecule has 2 N–H and O–H groups in total. The average molecular weight is 388 g/mol. The van der Waals surface area contributed by atoms with Crippen molar-refractivity contribution in [2.24, 2.45) is 5.92 Å². The van der Waals surface area contributed by atoms with E-state index in [1.165, 1.54) is 10.4 Å². The summed E-state index contributed by atoms with van der Waals surface area (Å²) in [5.74, 6) is 0.268. The molecule has 1 amide bonds. The lowest BCUT2D eigenvalue weighted by Gasteiger charge is -2.27. The molecule has 0 saturated carbocycles. The van der Waals surface area contributed by atoms with Crippen molar-refractivity contribution >= 4 is 28.3 Å². The van der Waals surface area contributed by atoms with Crippen molar-refractivity contribution in [1.82, 2.24) is 14.9 Å². The number of nitrogens with one attached hydrogen (secondary N) is 2. The van der Waals surface area contributed by atoms with Gasteiger partial charge in [-0.1, -0.05) is 12.5 Å². The number of piperidine rings is 1. The molecule has 2 heterocycles. The predicted octanol–water partition coefficient (Wildman–Crippen LogP) is 1.54. The number of hydrogen-bond donors (Lipinski definition) is 2. The van der Waals surface area contributed by atoms with Gasteiger partial charge >= 0.3 is 0 Å². The summed E-state index contributed by atoms with van der Waals surface area (Å²) >= 11 is 0. The van der Waals surface area contributed by atoms with E-state index in [-0.39, 0.29) is 23.2 Å². The number of amides is 1. The Hall–Kier alpha value is -1.15. The van der Waals surface area contributed by atoms with E-state index in [1.807, 2.05) is 6.92 Å². The van der Waals surface area contributed by atoms with Crippen LogP contribution in [0.1, 0.15) is 35.2 Å². The monoisotopic (exact) mass is 387 g/mol. The van der Waals surface area contributed by atoms with Crippen LogP contribution in [0.5, 0.6) is 0 Å². The highest BCUT2D eigenvalue weighted by atomic mass is 35.5. The number of sulfonamides is 1. The number of halogens is 1. The number of aryl methyl sites for hydroxylation is 1. The Bertz CT molecular complexity index is 714. The minimum absolute atomic E-state index is 0. The van der Waals surface area contributed by atoms with Crippen LogP contribution in [0.25, 0.3) is 0 Å². The fraction of sp³-hybridized carbons (Fsp3) is 0.588. The van der Waals surface area contributed by atoms with Gasteiger partial charge in [0.1, 0.15) is 0 Å². The first-order valence-electron chi connectivity index (χ1n) is 8.58. The van der Waals surface area contributed by atoms with Crippen LogP contribution in [-0.2, 0) is 10.0 Å². The molecule has 0 spiro atoms. The number of hydrogen-bond acceptors (Lipinski definition) is 4. The molecule has 0 radical (unpaired) electrons. The summed E-state index contributed by atoms with van der Waals surface area (Å²) < 4.78 is 27.1. The van der Waals surface area contributed by atoms with Crippen molar-refractivity contribution in [3.63, 3.8) is 0 Å². The minimum atomic E-state index is -3.52. The maximum absolute atomic E-state index is 12.8. The lowest BCUT2D eigenvalue weighted by Crippen LogP contribution is -2.48. The van der Waals surface area contributed by atoms with Gasteiger partial charge in [0.2, 0.25) is 10.0 Å². The van der Waals surface area contributed by atoms with Crippen molar-refractivity contribution in [2.75, 3.05) is 32.7 Å². The van der Waals surface area contributed by atoms with Crippen molar-refractivity contribution in [3.8, 4) is 0 Å². The number of rotatable bonds is 5. The summed E-state index contributed by atoms with van der Waals surface area (Å²) in [6, 6.07) is 4.84. The zero-order valence-electron chi connectivity index (χ0n) is 14.5. The molecular weight excluding hydrogens is 362 g/mol. The van der Waals surface area contributed by atoms with E-state index in [1.54, 1.807) is 12.1 Å². The van der Waals surface area contributed by atoms with Crippen LogP contribution in [0.4, 0.5) is 0 Å². The summed E-state index contributed by atoms with van der Waals surface area (Å²) in [6.07, 6.45) is 2.87. The highest BCUT2D eigenvalue weighted by molar-refractivity contribution is 7.89. The summed E-state index contributed by atoms with van der Waals surface area (Å²) in [7, 11) is -3.52. The molecule has 25 heavy (non-hydrogen) atoms. The molecule has 8 heteroatoms. The Labute approximate surface area is 155 Å². The Balaban J connectivity index is 0.00000225. The summed E-state index contributed by atoms with van der Waals surface area (Å²) in [5, 5.41) is 6.08. The van der Waals surface area contributed by atoms with Gasteiger partial charge in [0.15, 0.2) is 0 Å². The van der Waals surface area contributed by atoms with E-state index in [0.29, 0.717) is 31.1 Å². The zero-order valence-corrected chi connectivity index (χ0v) is 16.1. The normalized spacial score (nSPS) is 18.9. The van der Waals surface area contributed by atoms with E-state index in [2.05, 4.69) is 10.6 Å². The van der Waals surface area contributed by atoms with Crippen molar-refractivity contribution in [3.05, 3.63) is 29.3 Å². The standard InChI is InChI=1S/C17H25N3O3S.ClH/c1-13-5-6-15(24(22,23)20-7-3-2-4-8-20)9-16(13)17(21)19-12-14-10-18-11-14;/h5-6,9,14,18H,2-4,7-8,10-12H2,1H3,(H,19,21);1H. The third-order valence-corrected chi connectivity index (χ3v) is 6.72. The Morgan fingerprint density at radius 3 is 2.52 bits per heavy atom. The molecule has 0 aliphatic carbocycles. The lowest BCUT2D eigenvalue weighted by molar-refractivity contribution is 0.0941. The second-order valence-corrected chi connectivity index (χ2v) is 8.61. The number of benzene rings is 1. The van der Waals surface area contributed by atoms with E-state index in [0.717, 1.165) is 37.9 Å². The van der Waals surface area contributed by atoms with Crippen LogP contribution in [0.15, 0.2) is 23.1 Å². The molecule has 6 nitrogen and oxygen atoms in total. The summed E-state index contributed by atoms with van der Waals surface area (Å²) in [5.41, 5.74) is 1.23. The van der Waals surface area contributed by atoms with Gasteiger partial charge in [-0.25, -0.2) is 8.42 Å². The molecule has 0 bridgehead atoms. The van der Waals surface area contributed by atoms with Gasteiger partial charge in [-0.05, 0) is 37.5 Å². The molecule has 2 fully saturated rings. The Morgan fingerprint density at radius 2 is 1.92 bits per heavy atom. The highest BCUT2D eigenvalue weighted by Gasteiger charge is 2.27. The van der Waals surface area contributed by atoms with Gasteiger partial charge in [-0.15, -0.1) is 12.4 Å². The second kappa shape index (κ2) is 8.49. The maximum Gasteiger partial charge on any atom is 0.251 e. The first kappa shape index (κ1) is 20.2. The van der Waals surface area contributed by atoms with E-state index >= 15 is 0 Å². The Kier molecular flexibility index (Phi) is 6.85. The smallest absolute Gasteiger partial charge is 0.251 e. The van der Waals surface area contributed by atoms with Crippen LogP contribution < -0.4 is 10.6 Å². The number of carbonyl (C=O) groups is 1. The highest BCUT2D eigenvalue weighted by Crippen LogP contribution is 2.23. The van der Waals surface area contributed by atoms with Gasteiger partial charge in [-0.2, -0.15) is 4.31 Å². The van der Waals surface area contributed by atoms with Gasteiger partial charge in [0.25, 0.3) is 5.91 Å². The molecular formula is C17H26ClN3O3S. The van der Waals surface area contributed by atoms with Crippen molar-refractivity contribution < 1.29 is 13.2 Å². The fourth-order valence-corrected chi connectivity index (χ4v) is 4.63. The molecule has 2 aliphatic rings. The summed E-state index contributed by atoms with van der Waals surface area (Å²) in [6.45, 7) is 5.41. The summed E-state index contributed by atoms with van der Waals surface area (Å²) in [4.78, 5) is 12.6. The quantitative estimate of drug-likeness (QED) is 0.803. The topological polar surface area (TPSA) is 78.5 Å². The molecule has 3 rings (SSSR count). The van der Waals surface area contributed by atoms with Crippen LogP contribution in [0.3, 0.4) is 0 Å². The molecule has 2 aliphatic heterocycles. The van der Waals surface area contributed by atoms with Crippen LogP contribution in [0, 0.1) is 12.8 Å². The molecule has 0 aromatic heterocycles. The third kappa shape index (κ3) is 4.53. The SMILES string of the molecule is Cc1ccc(S(=O)(=O)N2CCCCC2)cc1C(=O)NCC1CNC1.Cl. The third-order valence-electron chi connectivity index (χ3n) is 4.82. The van der Waals surface area contributed by atoms with Gasteiger partial charge in [0, 0.05) is 44.2 Å². The fourth-order valence-electron chi connectivity index (χ4n) is 3.09. The number of carbonyl (C=O) groups excluding carboxylic acids is 1. The van der Waals surface area contributed by atoms with Gasteiger partial charge in [0.05, 0.1) is 4.90 Å². The largest absolute Gasteiger partial charge is 0.352 e. The molecule has 2 saturated heterocycles. The van der Waals surface area contributed by atoms with Crippen LogP contribution >= 0.6 is 12.4 Å². The molecule has 140 valence electrons. The molecule has 1 aromatic carbocycles. The van der Waals surface area contributed by atoms with Crippen LogP contribution in [-0.4, -0.2) is 51.4 Å². The molecule has 0 unspecified atom stereocenters. The first-order valence-corrected chi connectivity index (χ1v) is 10.0. The minimum Gasteiger partial charge on any atom is -0.352 e. The first-order chi connectivity index (χ1) is 11.5.